The molecule has 4 N–H and O–H groups in total. The molecule has 2 atom stereocenters. The van der Waals surface area contributed by atoms with E-state index in [9.17, 15) is 24.9 Å². The fraction of sp³-hybridized carbons (Fsp3) is 0.778. The van der Waals surface area contributed by atoms with Gasteiger partial charge in [0.25, 0.3) is 0 Å². The number of unbranched alkanes of at least 4 members (excludes halogenated alkanes) is 2. The van der Waals surface area contributed by atoms with Gasteiger partial charge in [-0.25, -0.2) is 0 Å². The van der Waals surface area contributed by atoms with Gasteiger partial charge in [-0.2, -0.15) is 0 Å². The van der Waals surface area contributed by atoms with Crippen LogP contribution in [0.2, 0.25) is 0 Å². The minimum atomic E-state index is -1.48. The molecule has 0 aromatic carbocycles. The molecule has 1 fully saturated rings. The Hall–Kier alpha value is -1.48. The molecule has 0 spiro atoms. The topological polar surface area (TPSA) is 131 Å². The summed E-state index contributed by atoms with van der Waals surface area (Å²) in [6.45, 7) is 5.44. The van der Waals surface area contributed by atoms with E-state index in [2.05, 4.69) is 17.6 Å². The van der Waals surface area contributed by atoms with E-state index < -0.39 is 35.4 Å². The largest absolute Gasteiger partial charge is 0.546 e. The van der Waals surface area contributed by atoms with Gasteiger partial charge in [0.2, 0.25) is 0 Å². The third-order valence-electron chi connectivity index (χ3n) is 4.26. The van der Waals surface area contributed by atoms with Crippen LogP contribution in [0.25, 0.3) is 0 Å². The highest BCUT2D eigenvalue weighted by Crippen LogP contribution is 2.40. The first-order chi connectivity index (χ1) is 12.1. The maximum atomic E-state index is 12.2. The average Bonchev–Trinajstić information content (AvgIpc) is 3.36. The van der Waals surface area contributed by atoms with E-state index in [1.807, 2.05) is 6.08 Å². The highest BCUT2D eigenvalue weighted by molar-refractivity contribution is 5.85. The average molecular weight is 371 g/mol. The van der Waals surface area contributed by atoms with E-state index >= 15 is 0 Å². The normalized spacial score (nSPS) is 18.5. The van der Waals surface area contributed by atoms with Crippen molar-refractivity contribution in [1.29, 1.82) is 0 Å². The van der Waals surface area contributed by atoms with E-state index in [0.29, 0.717) is 0 Å². The minimum absolute atomic E-state index is 0.0768. The number of carboxylic acid groups (broad SMARTS) is 1. The molecule has 150 valence electrons. The molecule has 0 aromatic heterocycles. The van der Waals surface area contributed by atoms with E-state index in [1.54, 1.807) is 19.9 Å². The van der Waals surface area contributed by atoms with Crippen molar-refractivity contribution < 1.29 is 29.6 Å². The van der Waals surface area contributed by atoms with Gasteiger partial charge in [-0.15, -0.1) is 0 Å². The number of carboxylic acids is 1. The number of carbonyl (C=O) groups is 2. The van der Waals surface area contributed by atoms with Crippen LogP contribution in [0.1, 0.15) is 52.9 Å². The van der Waals surface area contributed by atoms with Crippen LogP contribution < -0.4 is 15.7 Å². The maximum absolute atomic E-state index is 12.2. The Balaban J connectivity index is 2.31. The predicted octanol–water partition coefficient (Wildman–Crippen LogP) is -0.599. The number of hydrogen-bond donors (Lipinski definition) is 4. The number of esters is 1. The number of aliphatic hydroxyl groups is 2. The maximum Gasteiger partial charge on any atom is 0.313 e. The summed E-state index contributed by atoms with van der Waals surface area (Å²) in [5, 5.41) is 36.1. The fourth-order valence-corrected chi connectivity index (χ4v) is 2.14. The van der Waals surface area contributed by atoms with Crippen LogP contribution in [0.4, 0.5) is 0 Å². The van der Waals surface area contributed by atoms with E-state index in [4.69, 9.17) is 4.74 Å². The van der Waals surface area contributed by atoms with Crippen molar-refractivity contribution in [3.05, 3.63) is 12.2 Å². The van der Waals surface area contributed by atoms with E-state index in [-0.39, 0.29) is 25.9 Å². The van der Waals surface area contributed by atoms with E-state index in [0.717, 1.165) is 19.3 Å². The number of hydrogen-bond acceptors (Lipinski definition) is 8. The van der Waals surface area contributed by atoms with Crippen LogP contribution >= 0.6 is 0 Å². The zero-order chi connectivity index (χ0) is 19.8. The second kappa shape index (κ2) is 10.0. The van der Waals surface area contributed by atoms with Crippen LogP contribution in [0.5, 0.6) is 0 Å². The Morgan fingerprint density at radius 1 is 1.31 bits per heavy atom. The smallest absolute Gasteiger partial charge is 0.313 e. The quantitative estimate of drug-likeness (QED) is 0.146. The second-order valence-electron chi connectivity index (χ2n) is 7.38. The van der Waals surface area contributed by atoms with Gasteiger partial charge in [0, 0.05) is 13.1 Å². The third-order valence-corrected chi connectivity index (χ3v) is 4.26. The lowest BCUT2D eigenvalue weighted by atomic mass is 9.93. The van der Waals surface area contributed by atoms with Crippen molar-refractivity contribution in [3.63, 3.8) is 0 Å². The summed E-state index contributed by atoms with van der Waals surface area (Å²) in [5.41, 5.74) is -2.51. The Kier molecular flexibility index (Phi) is 8.69. The first kappa shape index (κ1) is 22.6. The van der Waals surface area contributed by atoms with Gasteiger partial charge < -0.3 is 24.9 Å². The molecule has 8 nitrogen and oxygen atoms in total. The number of aliphatic hydroxyl groups excluding tert-OH is 2. The van der Waals surface area contributed by atoms with Gasteiger partial charge in [0.05, 0.1) is 11.4 Å². The molecule has 1 aliphatic rings. The first-order valence-corrected chi connectivity index (χ1v) is 9.07. The molecule has 0 bridgehead atoms. The van der Waals surface area contributed by atoms with Gasteiger partial charge in [0.1, 0.15) is 12.5 Å². The molecule has 2 unspecified atom stereocenters. The van der Waals surface area contributed by atoms with Gasteiger partial charge in [-0.05, 0) is 39.2 Å². The summed E-state index contributed by atoms with van der Waals surface area (Å²) < 4.78 is 5.08. The monoisotopic (exact) mass is 371 g/mol. The molecule has 0 heterocycles. The van der Waals surface area contributed by atoms with Crippen LogP contribution in [0, 0.1) is 5.41 Å². The lowest BCUT2D eigenvalue weighted by molar-refractivity contribution is -0.318. The van der Waals surface area contributed by atoms with Crippen LogP contribution in [-0.2, 0) is 14.3 Å². The fourth-order valence-electron chi connectivity index (χ4n) is 2.14. The molecule has 26 heavy (non-hydrogen) atoms. The molecule has 0 saturated heterocycles. The summed E-state index contributed by atoms with van der Waals surface area (Å²) in [5.74, 6) is -2.04. The molecule has 0 amide bonds. The Morgan fingerprint density at radius 3 is 2.50 bits per heavy atom. The molecule has 8 heteroatoms. The molecule has 1 saturated carbocycles. The van der Waals surface area contributed by atoms with Crippen LogP contribution in [0.15, 0.2) is 12.2 Å². The van der Waals surface area contributed by atoms with Crippen molar-refractivity contribution in [2.75, 3.05) is 13.1 Å². The minimum Gasteiger partial charge on any atom is -0.546 e. The van der Waals surface area contributed by atoms with Crippen molar-refractivity contribution in [2.45, 2.75) is 70.9 Å². The summed E-state index contributed by atoms with van der Waals surface area (Å²) in [6.07, 6.45) is 5.21. The molecule has 0 radical (unpaired) electrons. The van der Waals surface area contributed by atoms with Crippen molar-refractivity contribution in [1.82, 2.24) is 10.6 Å². The van der Waals surface area contributed by atoms with Crippen molar-refractivity contribution in [3.8, 4) is 0 Å². The zero-order valence-corrected chi connectivity index (χ0v) is 15.8. The highest BCUT2D eigenvalue weighted by atomic mass is 16.6. The van der Waals surface area contributed by atoms with Crippen molar-refractivity contribution >= 4 is 11.9 Å². The summed E-state index contributed by atoms with van der Waals surface area (Å²) in [7, 11) is 0. The van der Waals surface area contributed by atoms with Crippen LogP contribution in [0.3, 0.4) is 0 Å². The summed E-state index contributed by atoms with van der Waals surface area (Å²) in [4.78, 5) is 23.2. The van der Waals surface area contributed by atoms with Crippen LogP contribution in [-0.4, -0.2) is 53.3 Å². The van der Waals surface area contributed by atoms with Crippen molar-refractivity contribution in [2.24, 2.45) is 5.41 Å². The molecule has 0 aliphatic heterocycles. The number of rotatable bonds is 13. The SMILES string of the molecule is CCCC/C=C/C(O)NCC(O)NCC(C)(C)C(=O)OC1(C(=O)[O-])CC1. The van der Waals surface area contributed by atoms with E-state index in [1.165, 1.54) is 0 Å². The lowest BCUT2D eigenvalue weighted by Crippen LogP contribution is -2.49. The first-order valence-electron chi connectivity index (χ1n) is 9.07. The third kappa shape index (κ3) is 7.41. The molecular formula is C18H31N2O6-. The Bertz CT molecular complexity index is 502. The van der Waals surface area contributed by atoms with Gasteiger partial charge >= 0.3 is 5.97 Å². The van der Waals surface area contributed by atoms with Gasteiger partial charge in [-0.1, -0.05) is 25.8 Å². The lowest BCUT2D eigenvalue weighted by Gasteiger charge is -2.28. The summed E-state index contributed by atoms with van der Waals surface area (Å²) in [6, 6.07) is 0. The standard InChI is InChI=1S/C18H32N2O6/c1-4-5-6-7-8-13(21)19-11-14(22)20-12-17(2,3)16(25)26-18(9-10-18)15(23)24/h7-8,13-14,19-22H,4-6,9-12H2,1-3H3,(H,23,24)/p-1/b8-7+. The molecule has 1 rings (SSSR count). The number of aliphatic carboxylic acids is 1. The predicted molar refractivity (Wildman–Crippen MR) is 93.5 cm³/mol. The summed E-state index contributed by atoms with van der Waals surface area (Å²) >= 11 is 0. The molecule has 0 aromatic rings. The van der Waals surface area contributed by atoms with Gasteiger partial charge in [-0.3, -0.25) is 15.4 Å². The molecule has 1 aliphatic carbocycles. The Morgan fingerprint density at radius 2 is 1.96 bits per heavy atom. The second-order valence-corrected chi connectivity index (χ2v) is 7.38. The number of allylic oxidation sites excluding steroid dienone is 1. The number of nitrogens with one attached hydrogen (secondary N) is 2. The number of carbonyl (C=O) groups excluding carboxylic acids is 2. The number of ether oxygens (including phenoxy) is 1. The zero-order valence-electron chi connectivity index (χ0n) is 15.8. The molecular weight excluding hydrogens is 340 g/mol. The highest BCUT2D eigenvalue weighted by Gasteiger charge is 2.50. The Labute approximate surface area is 154 Å². The van der Waals surface area contributed by atoms with Gasteiger partial charge in [0.15, 0.2) is 5.60 Å².